The van der Waals surface area contributed by atoms with Crippen molar-refractivity contribution in [3.8, 4) is 0 Å². The summed E-state index contributed by atoms with van der Waals surface area (Å²) in [4.78, 5) is 0. The van der Waals surface area contributed by atoms with E-state index in [0.717, 1.165) is 25.9 Å². The standard InChI is InChI=1S/C17H26N2/c1-4-5-9-19-12-15(7-6-8-18)16-11-13(2)10-14(3)17(16)19/h10-12H,4-9,18H2,1-3H3. The van der Waals surface area contributed by atoms with E-state index in [4.69, 9.17) is 5.73 Å². The van der Waals surface area contributed by atoms with E-state index in [1.165, 1.54) is 40.4 Å². The Morgan fingerprint density at radius 3 is 2.63 bits per heavy atom. The van der Waals surface area contributed by atoms with Gasteiger partial charge in [-0.2, -0.15) is 0 Å². The normalized spacial score (nSPS) is 11.4. The minimum atomic E-state index is 0.770. The number of unbranched alkanes of at least 4 members (excludes halogenated alkanes) is 1. The van der Waals surface area contributed by atoms with Crippen LogP contribution in [0.1, 0.15) is 42.9 Å². The first-order chi connectivity index (χ1) is 9.17. The zero-order valence-electron chi connectivity index (χ0n) is 12.5. The van der Waals surface area contributed by atoms with Crippen LogP contribution in [0.2, 0.25) is 0 Å². The van der Waals surface area contributed by atoms with Crippen molar-refractivity contribution >= 4 is 10.9 Å². The molecule has 0 unspecified atom stereocenters. The van der Waals surface area contributed by atoms with Crippen LogP contribution in [0.5, 0.6) is 0 Å². The summed E-state index contributed by atoms with van der Waals surface area (Å²) in [5.41, 5.74) is 11.3. The number of aromatic nitrogens is 1. The molecule has 2 heteroatoms. The monoisotopic (exact) mass is 258 g/mol. The van der Waals surface area contributed by atoms with Crippen LogP contribution in [0.3, 0.4) is 0 Å². The lowest BCUT2D eigenvalue weighted by Crippen LogP contribution is -2.00. The third kappa shape index (κ3) is 3.01. The summed E-state index contributed by atoms with van der Waals surface area (Å²) in [5, 5.41) is 1.43. The smallest absolute Gasteiger partial charge is 0.0513 e. The second kappa shape index (κ2) is 6.25. The van der Waals surface area contributed by atoms with Gasteiger partial charge in [-0.05, 0) is 56.8 Å². The van der Waals surface area contributed by atoms with Crippen LogP contribution < -0.4 is 5.73 Å². The van der Waals surface area contributed by atoms with Crippen molar-refractivity contribution in [1.29, 1.82) is 0 Å². The quantitative estimate of drug-likeness (QED) is 0.835. The van der Waals surface area contributed by atoms with Gasteiger partial charge in [0.25, 0.3) is 0 Å². The summed E-state index contributed by atoms with van der Waals surface area (Å²) in [7, 11) is 0. The number of aryl methyl sites for hydroxylation is 4. The summed E-state index contributed by atoms with van der Waals surface area (Å²) in [6.45, 7) is 8.55. The fourth-order valence-corrected chi connectivity index (χ4v) is 2.90. The zero-order valence-corrected chi connectivity index (χ0v) is 12.5. The first-order valence-electron chi connectivity index (χ1n) is 7.46. The van der Waals surface area contributed by atoms with Crippen LogP contribution in [-0.2, 0) is 13.0 Å². The maximum Gasteiger partial charge on any atom is 0.0513 e. The van der Waals surface area contributed by atoms with Gasteiger partial charge in [-0.1, -0.05) is 25.0 Å². The minimum Gasteiger partial charge on any atom is -0.347 e. The van der Waals surface area contributed by atoms with Crippen molar-refractivity contribution in [3.05, 3.63) is 35.0 Å². The molecule has 0 aliphatic heterocycles. The number of benzene rings is 1. The molecular weight excluding hydrogens is 232 g/mol. The van der Waals surface area contributed by atoms with Crippen LogP contribution in [0, 0.1) is 13.8 Å². The summed E-state index contributed by atoms with van der Waals surface area (Å²) in [5.74, 6) is 0. The summed E-state index contributed by atoms with van der Waals surface area (Å²) >= 11 is 0. The first kappa shape index (κ1) is 14.1. The van der Waals surface area contributed by atoms with Crippen LogP contribution in [0.25, 0.3) is 10.9 Å². The lowest BCUT2D eigenvalue weighted by Gasteiger charge is -2.07. The number of nitrogens with zero attached hydrogens (tertiary/aromatic N) is 1. The molecule has 1 heterocycles. The van der Waals surface area contributed by atoms with E-state index in [1.807, 2.05) is 0 Å². The van der Waals surface area contributed by atoms with Gasteiger partial charge < -0.3 is 10.3 Å². The lowest BCUT2D eigenvalue weighted by atomic mass is 10.0. The highest BCUT2D eigenvalue weighted by atomic mass is 15.0. The average molecular weight is 258 g/mol. The molecule has 0 atom stereocenters. The number of nitrogens with two attached hydrogens (primary N) is 1. The molecule has 19 heavy (non-hydrogen) atoms. The Labute approximate surface area is 116 Å². The molecule has 0 aliphatic rings. The molecule has 2 nitrogen and oxygen atoms in total. The van der Waals surface area contributed by atoms with Gasteiger partial charge in [-0.3, -0.25) is 0 Å². The molecule has 0 saturated carbocycles. The molecule has 2 aromatic rings. The van der Waals surface area contributed by atoms with E-state index >= 15 is 0 Å². The van der Waals surface area contributed by atoms with Crippen molar-refractivity contribution in [2.24, 2.45) is 5.73 Å². The Hall–Kier alpha value is -1.28. The van der Waals surface area contributed by atoms with E-state index in [2.05, 4.69) is 43.7 Å². The predicted molar refractivity (Wildman–Crippen MR) is 83.7 cm³/mol. The van der Waals surface area contributed by atoms with Gasteiger partial charge >= 0.3 is 0 Å². The molecule has 2 rings (SSSR count). The largest absolute Gasteiger partial charge is 0.347 e. The number of fused-ring (bicyclic) bond motifs is 1. The number of rotatable bonds is 6. The second-order valence-electron chi connectivity index (χ2n) is 5.57. The van der Waals surface area contributed by atoms with Gasteiger partial charge in [0, 0.05) is 18.1 Å². The second-order valence-corrected chi connectivity index (χ2v) is 5.57. The fraction of sp³-hybridized carbons (Fsp3) is 0.529. The predicted octanol–water partition coefficient (Wildman–Crippen LogP) is 3.95. The maximum atomic E-state index is 5.66. The van der Waals surface area contributed by atoms with Crippen LogP contribution in [0.4, 0.5) is 0 Å². The molecular formula is C17H26N2. The summed E-state index contributed by atoms with van der Waals surface area (Å²) < 4.78 is 2.44. The fourth-order valence-electron chi connectivity index (χ4n) is 2.90. The van der Waals surface area contributed by atoms with Crippen LogP contribution in [-0.4, -0.2) is 11.1 Å². The Balaban J connectivity index is 2.49. The third-order valence-corrected chi connectivity index (χ3v) is 3.79. The van der Waals surface area contributed by atoms with E-state index in [0.29, 0.717) is 0 Å². The van der Waals surface area contributed by atoms with Gasteiger partial charge in [0.2, 0.25) is 0 Å². The first-order valence-corrected chi connectivity index (χ1v) is 7.46. The number of hydrogen-bond acceptors (Lipinski definition) is 1. The van der Waals surface area contributed by atoms with Crippen molar-refractivity contribution < 1.29 is 0 Å². The summed E-state index contributed by atoms with van der Waals surface area (Å²) in [6.07, 6.45) is 6.99. The maximum absolute atomic E-state index is 5.66. The molecule has 1 aromatic heterocycles. The van der Waals surface area contributed by atoms with E-state index in [9.17, 15) is 0 Å². The van der Waals surface area contributed by atoms with Crippen molar-refractivity contribution in [2.75, 3.05) is 6.54 Å². The Morgan fingerprint density at radius 2 is 1.95 bits per heavy atom. The highest BCUT2D eigenvalue weighted by molar-refractivity contribution is 5.87. The van der Waals surface area contributed by atoms with Crippen molar-refractivity contribution in [3.63, 3.8) is 0 Å². The molecule has 0 radical (unpaired) electrons. The summed E-state index contributed by atoms with van der Waals surface area (Å²) in [6, 6.07) is 4.62. The van der Waals surface area contributed by atoms with Gasteiger partial charge in [-0.15, -0.1) is 0 Å². The van der Waals surface area contributed by atoms with E-state index in [-0.39, 0.29) is 0 Å². The van der Waals surface area contributed by atoms with E-state index in [1.54, 1.807) is 0 Å². The molecule has 0 saturated heterocycles. The zero-order chi connectivity index (χ0) is 13.8. The third-order valence-electron chi connectivity index (χ3n) is 3.79. The molecule has 104 valence electrons. The highest BCUT2D eigenvalue weighted by Gasteiger charge is 2.10. The average Bonchev–Trinajstić information content (AvgIpc) is 2.72. The van der Waals surface area contributed by atoms with E-state index < -0.39 is 0 Å². The molecule has 0 aliphatic carbocycles. The van der Waals surface area contributed by atoms with Crippen LogP contribution in [0.15, 0.2) is 18.3 Å². The topological polar surface area (TPSA) is 30.9 Å². The Bertz CT molecular complexity index is 552. The van der Waals surface area contributed by atoms with Gasteiger partial charge in [-0.25, -0.2) is 0 Å². The molecule has 1 aromatic carbocycles. The molecule has 2 N–H and O–H groups in total. The van der Waals surface area contributed by atoms with Gasteiger partial charge in [0.05, 0.1) is 5.52 Å². The van der Waals surface area contributed by atoms with Gasteiger partial charge in [0.15, 0.2) is 0 Å². The van der Waals surface area contributed by atoms with Crippen LogP contribution >= 0.6 is 0 Å². The van der Waals surface area contributed by atoms with Gasteiger partial charge in [0.1, 0.15) is 0 Å². The SMILES string of the molecule is CCCCn1cc(CCCN)c2cc(C)cc(C)c21. The molecule has 0 fully saturated rings. The molecule has 0 amide bonds. The van der Waals surface area contributed by atoms with Crippen molar-refractivity contribution in [2.45, 2.75) is 53.0 Å². The Morgan fingerprint density at radius 1 is 1.16 bits per heavy atom. The Kier molecular flexibility index (Phi) is 4.65. The van der Waals surface area contributed by atoms with Crippen molar-refractivity contribution in [1.82, 2.24) is 4.57 Å². The molecule has 0 bridgehead atoms. The minimum absolute atomic E-state index is 0.770. The number of hydrogen-bond donors (Lipinski definition) is 1. The highest BCUT2D eigenvalue weighted by Crippen LogP contribution is 2.27. The molecule has 0 spiro atoms. The lowest BCUT2D eigenvalue weighted by molar-refractivity contribution is 0.647.